The fraction of sp³-hybridized carbons (Fsp3) is 0.625. The second-order valence-corrected chi connectivity index (χ2v) is 22.6. The van der Waals surface area contributed by atoms with Crippen LogP contribution in [0.3, 0.4) is 0 Å². The molecular weight excluding hydrogens is 1070 g/mol. The number of carbonyl (C=O) groups excluding carboxylic acids is 3. The predicted molar refractivity (Wildman–Crippen MR) is 352 cm³/mol. The van der Waals surface area contributed by atoms with E-state index in [1.165, 1.54) is 57.8 Å². The number of aliphatic hydroxyl groups excluding tert-OH is 1. The van der Waals surface area contributed by atoms with E-state index in [9.17, 15) is 28.9 Å². The van der Waals surface area contributed by atoms with Gasteiger partial charge in [-0.25, -0.2) is 4.57 Å². The lowest BCUT2D eigenvalue weighted by Gasteiger charge is -2.21. The van der Waals surface area contributed by atoms with Crippen molar-refractivity contribution in [1.82, 2.24) is 0 Å². The van der Waals surface area contributed by atoms with Crippen molar-refractivity contribution < 1.29 is 52.2 Å². The summed E-state index contributed by atoms with van der Waals surface area (Å²) >= 11 is 0. The Balaban J connectivity index is 4.82. The Labute approximate surface area is 512 Å². The second kappa shape index (κ2) is 64.4. The Morgan fingerprint density at radius 1 is 0.345 bits per heavy atom. The van der Waals surface area contributed by atoms with E-state index in [-0.39, 0.29) is 25.9 Å². The first-order valence-corrected chi connectivity index (χ1v) is 34.2. The third-order valence-corrected chi connectivity index (χ3v) is 14.2. The SMILES string of the molecule is CC/C=C\C/C=C\C/C=C\C/C=C\C/C=C\CCCCCC(=O)OCC(COP(=O)(O)OCC(CO)OC(=O)CCCCCCCCCCC/C=C\C/C=C\CCCCC)OC(=O)CCCCC/C=C\C/C=C\C/C=C\C/C=C\C/C=C\CC. The van der Waals surface area contributed by atoms with Gasteiger partial charge in [0.15, 0.2) is 6.10 Å². The average Bonchev–Trinajstić information content (AvgIpc) is 3.55. The summed E-state index contributed by atoms with van der Waals surface area (Å²) in [4.78, 5) is 48.8. The van der Waals surface area contributed by atoms with Gasteiger partial charge in [-0.3, -0.25) is 23.4 Å². The Morgan fingerprint density at radius 3 is 0.964 bits per heavy atom. The maximum atomic E-state index is 13.0. The van der Waals surface area contributed by atoms with E-state index in [4.69, 9.17) is 23.3 Å². The minimum absolute atomic E-state index is 0.112. The smallest absolute Gasteiger partial charge is 0.462 e. The summed E-state index contributed by atoms with van der Waals surface area (Å²) in [5.41, 5.74) is 0. The molecule has 0 saturated heterocycles. The van der Waals surface area contributed by atoms with E-state index in [2.05, 4.69) is 167 Å². The molecule has 12 heteroatoms. The van der Waals surface area contributed by atoms with Gasteiger partial charge >= 0.3 is 25.7 Å². The number of hydrogen-bond donors (Lipinski definition) is 2. The number of phosphoric ester groups is 1. The van der Waals surface area contributed by atoms with Crippen LogP contribution in [0.5, 0.6) is 0 Å². The van der Waals surface area contributed by atoms with Gasteiger partial charge in [-0.1, -0.05) is 237 Å². The van der Waals surface area contributed by atoms with Crippen molar-refractivity contribution in [3.05, 3.63) is 146 Å². The first-order chi connectivity index (χ1) is 41.2. The Morgan fingerprint density at radius 2 is 0.619 bits per heavy atom. The molecule has 0 radical (unpaired) electrons. The van der Waals surface area contributed by atoms with Crippen molar-refractivity contribution in [1.29, 1.82) is 0 Å². The minimum Gasteiger partial charge on any atom is -0.462 e. The molecule has 0 fully saturated rings. The van der Waals surface area contributed by atoms with Gasteiger partial charge in [0.05, 0.1) is 19.8 Å². The molecule has 2 N–H and O–H groups in total. The fourth-order valence-electron chi connectivity index (χ4n) is 8.32. The number of carbonyl (C=O) groups is 3. The van der Waals surface area contributed by atoms with Crippen molar-refractivity contribution in [2.75, 3.05) is 26.4 Å². The van der Waals surface area contributed by atoms with E-state index in [0.717, 1.165) is 135 Å². The number of esters is 3. The van der Waals surface area contributed by atoms with Crippen LogP contribution in [0.2, 0.25) is 0 Å². The average molecular weight is 1190 g/mol. The van der Waals surface area contributed by atoms with Crippen molar-refractivity contribution >= 4 is 25.7 Å². The number of hydrogen-bond acceptors (Lipinski definition) is 10. The second-order valence-electron chi connectivity index (χ2n) is 21.2. The third kappa shape index (κ3) is 61.9. The molecule has 0 aromatic heterocycles. The molecule has 0 aliphatic heterocycles. The highest BCUT2D eigenvalue weighted by Gasteiger charge is 2.28. The molecule has 0 spiro atoms. The molecule has 0 aliphatic rings. The first-order valence-electron chi connectivity index (χ1n) is 32.7. The van der Waals surface area contributed by atoms with Crippen molar-refractivity contribution in [3.8, 4) is 0 Å². The monoisotopic (exact) mass is 1190 g/mol. The van der Waals surface area contributed by atoms with Crippen LogP contribution in [0, 0.1) is 0 Å². The van der Waals surface area contributed by atoms with E-state index >= 15 is 0 Å². The summed E-state index contributed by atoms with van der Waals surface area (Å²) < 4.78 is 39.7. The molecule has 3 unspecified atom stereocenters. The zero-order valence-corrected chi connectivity index (χ0v) is 53.7. The number of phosphoric acid groups is 1. The number of rotatable bonds is 59. The normalized spacial score (nSPS) is 14.2. The maximum absolute atomic E-state index is 13.0. The standard InChI is InChI=1S/C72H117O11P/c1-4-7-10-13-16-19-22-25-28-31-34-37-40-43-46-49-52-55-58-61-70(74)79-65-69(83-72(76)63-60-57-54-51-48-45-42-39-36-33-30-27-24-21-18-15-12-9-6-3)67-81-84(77,78)80-66-68(64-73)82-71(75)62-59-56-53-50-47-44-41-38-35-32-29-26-23-20-17-14-11-8-5-2/h7,9-10,12,16-21,25-30,34,36-37,39,43,45-46,48,68-69,73H,4-6,8,11,13-15,22-24,31-33,35,38,40-42,44,47,49-67H2,1-3H3,(H,77,78)/b10-7-,12-9-,19-16-,20-17-,21-18-,28-25-,29-26-,30-27-,37-34-,39-36-,46-43-,48-45-. The molecule has 84 heavy (non-hydrogen) atoms. The van der Waals surface area contributed by atoms with Crippen LogP contribution < -0.4 is 0 Å². The quantitative estimate of drug-likeness (QED) is 0.0197. The highest BCUT2D eigenvalue weighted by atomic mass is 31.2. The Bertz CT molecular complexity index is 1970. The summed E-state index contributed by atoms with van der Waals surface area (Å²) in [5.74, 6) is -1.56. The van der Waals surface area contributed by atoms with E-state index < -0.39 is 57.8 Å². The number of aliphatic hydroxyl groups is 1. The van der Waals surface area contributed by atoms with Crippen LogP contribution in [0.15, 0.2) is 146 Å². The summed E-state index contributed by atoms with van der Waals surface area (Å²) in [7, 11) is -4.79. The third-order valence-electron chi connectivity index (χ3n) is 13.2. The molecule has 0 rings (SSSR count). The lowest BCUT2D eigenvalue weighted by atomic mass is 10.1. The lowest BCUT2D eigenvalue weighted by molar-refractivity contribution is -0.161. The fourth-order valence-corrected chi connectivity index (χ4v) is 9.11. The van der Waals surface area contributed by atoms with Gasteiger partial charge in [-0.2, -0.15) is 0 Å². The van der Waals surface area contributed by atoms with Gasteiger partial charge in [-0.05, 0) is 141 Å². The number of allylic oxidation sites excluding steroid dienone is 24. The molecule has 0 amide bonds. The van der Waals surface area contributed by atoms with E-state index in [0.29, 0.717) is 19.3 Å². The molecule has 0 aromatic rings. The zero-order valence-electron chi connectivity index (χ0n) is 52.8. The van der Waals surface area contributed by atoms with E-state index in [1.54, 1.807) is 0 Å². The number of ether oxygens (including phenoxy) is 3. The molecule has 0 aliphatic carbocycles. The summed E-state index contributed by atoms with van der Waals surface area (Å²) in [5, 5.41) is 9.87. The van der Waals surface area contributed by atoms with Crippen LogP contribution in [0.25, 0.3) is 0 Å². The van der Waals surface area contributed by atoms with Crippen molar-refractivity contribution in [3.63, 3.8) is 0 Å². The van der Waals surface area contributed by atoms with Crippen LogP contribution in [-0.2, 0) is 42.2 Å². The molecule has 3 atom stereocenters. The van der Waals surface area contributed by atoms with Crippen LogP contribution in [0.1, 0.15) is 252 Å². The zero-order chi connectivity index (χ0) is 61.2. The maximum Gasteiger partial charge on any atom is 0.472 e. The molecule has 0 aromatic carbocycles. The van der Waals surface area contributed by atoms with Crippen LogP contribution in [-0.4, -0.2) is 66.5 Å². The minimum atomic E-state index is -4.79. The topological polar surface area (TPSA) is 155 Å². The molecule has 0 saturated carbocycles. The number of unbranched alkanes of at least 4 members (excludes halogenated alkanes) is 18. The van der Waals surface area contributed by atoms with E-state index in [1.807, 2.05) is 0 Å². The van der Waals surface area contributed by atoms with Gasteiger partial charge in [0.2, 0.25) is 0 Å². The molecule has 0 heterocycles. The Hall–Kier alpha value is -4.64. The molecular formula is C72H117O11P. The molecule has 0 bridgehead atoms. The predicted octanol–water partition coefficient (Wildman–Crippen LogP) is 20.3. The van der Waals surface area contributed by atoms with Gasteiger partial charge in [0.1, 0.15) is 12.7 Å². The summed E-state index contributed by atoms with van der Waals surface area (Å²) in [6.07, 6.45) is 83.6. The molecule has 476 valence electrons. The van der Waals surface area contributed by atoms with Crippen LogP contribution in [0.4, 0.5) is 0 Å². The van der Waals surface area contributed by atoms with Gasteiger partial charge < -0.3 is 24.2 Å². The van der Waals surface area contributed by atoms with Crippen LogP contribution >= 0.6 is 7.82 Å². The summed E-state index contributed by atoms with van der Waals surface area (Å²) in [6.45, 7) is 4.32. The Kier molecular flexibility index (Phi) is 60.8. The highest BCUT2D eigenvalue weighted by molar-refractivity contribution is 7.47. The van der Waals surface area contributed by atoms with Gasteiger partial charge in [0, 0.05) is 19.3 Å². The first kappa shape index (κ1) is 79.4. The van der Waals surface area contributed by atoms with Gasteiger partial charge in [0.25, 0.3) is 0 Å². The largest absolute Gasteiger partial charge is 0.472 e. The summed E-state index contributed by atoms with van der Waals surface area (Å²) in [6, 6.07) is 0. The van der Waals surface area contributed by atoms with Crippen molar-refractivity contribution in [2.24, 2.45) is 0 Å². The highest BCUT2D eigenvalue weighted by Crippen LogP contribution is 2.43. The lowest BCUT2D eigenvalue weighted by Crippen LogP contribution is -2.30. The van der Waals surface area contributed by atoms with Gasteiger partial charge in [-0.15, -0.1) is 0 Å². The molecule has 11 nitrogen and oxygen atoms in total. The van der Waals surface area contributed by atoms with Crippen molar-refractivity contribution in [2.45, 2.75) is 264 Å².